The Morgan fingerprint density at radius 2 is 2.06 bits per heavy atom. The van der Waals surface area contributed by atoms with Gasteiger partial charge in [0.15, 0.2) is 0 Å². The molecule has 1 N–H and O–H groups in total. The lowest BCUT2D eigenvalue weighted by atomic mass is 10.1. The highest BCUT2D eigenvalue weighted by atomic mass is 127. The lowest BCUT2D eigenvalue weighted by Crippen LogP contribution is -2.21. The Bertz CT molecular complexity index is 542. The third kappa shape index (κ3) is 3.39. The Labute approximate surface area is 135 Å². The van der Waals surface area contributed by atoms with Gasteiger partial charge in [-0.3, -0.25) is 0 Å². The van der Waals surface area contributed by atoms with Crippen LogP contribution in [0.1, 0.15) is 23.4 Å². The SMILES string of the molecule is CCNC(c1ccc(Cl)s1)c1cc(Cl)ccc1I. The molecule has 0 radical (unpaired) electrons. The van der Waals surface area contributed by atoms with Gasteiger partial charge in [-0.05, 0) is 65.0 Å². The summed E-state index contributed by atoms with van der Waals surface area (Å²) < 4.78 is 2.01. The molecule has 2 aromatic rings. The van der Waals surface area contributed by atoms with Gasteiger partial charge in [0.25, 0.3) is 0 Å². The van der Waals surface area contributed by atoms with E-state index in [2.05, 4.69) is 40.9 Å². The molecule has 0 fully saturated rings. The van der Waals surface area contributed by atoms with Crippen LogP contribution in [0.2, 0.25) is 9.36 Å². The fourth-order valence-electron chi connectivity index (χ4n) is 1.79. The predicted molar refractivity (Wildman–Crippen MR) is 89.0 cm³/mol. The third-order valence-electron chi connectivity index (χ3n) is 2.56. The first-order chi connectivity index (χ1) is 8.61. The minimum atomic E-state index is 0.151. The fraction of sp³-hybridized carbons (Fsp3) is 0.231. The van der Waals surface area contributed by atoms with E-state index < -0.39 is 0 Å². The largest absolute Gasteiger partial charge is 0.306 e. The van der Waals surface area contributed by atoms with Crippen LogP contribution in [-0.4, -0.2) is 6.54 Å². The van der Waals surface area contributed by atoms with Crippen molar-refractivity contribution in [1.29, 1.82) is 0 Å². The quantitative estimate of drug-likeness (QED) is 0.668. The molecule has 0 amide bonds. The minimum Gasteiger partial charge on any atom is -0.306 e. The van der Waals surface area contributed by atoms with Crippen molar-refractivity contribution < 1.29 is 0 Å². The smallest absolute Gasteiger partial charge is 0.0931 e. The monoisotopic (exact) mass is 411 g/mol. The van der Waals surface area contributed by atoms with E-state index in [0.29, 0.717) is 0 Å². The highest BCUT2D eigenvalue weighted by Crippen LogP contribution is 2.34. The molecule has 0 saturated carbocycles. The van der Waals surface area contributed by atoms with Gasteiger partial charge in [0.05, 0.1) is 10.4 Å². The summed E-state index contributed by atoms with van der Waals surface area (Å²) >= 11 is 16.1. The van der Waals surface area contributed by atoms with Crippen molar-refractivity contribution in [3.63, 3.8) is 0 Å². The van der Waals surface area contributed by atoms with Crippen LogP contribution in [0.5, 0.6) is 0 Å². The Morgan fingerprint density at radius 1 is 1.28 bits per heavy atom. The highest BCUT2D eigenvalue weighted by molar-refractivity contribution is 14.1. The van der Waals surface area contributed by atoms with E-state index in [1.165, 1.54) is 14.0 Å². The van der Waals surface area contributed by atoms with Gasteiger partial charge < -0.3 is 5.32 Å². The summed E-state index contributed by atoms with van der Waals surface area (Å²) in [5.41, 5.74) is 1.20. The molecule has 1 aromatic heterocycles. The molecule has 1 aromatic carbocycles. The lowest BCUT2D eigenvalue weighted by molar-refractivity contribution is 0.637. The van der Waals surface area contributed by atoms with Crippen LogP contribution >= 0.6 is 57.1 Å². The number of hydrogen-bond donors (Lipinski definition) is 1. The second-order valence-corrected chi connectivity index (χ2v) is 7.14. The van der Waals surface area contributed by atoms with E-state index in [1.807, 2.05) is 24.3 Å². The standard InChI is InChI=1S/C13H12Cl2INS/c1-2-17-13(11-5-6-12(15)18-11)9-7-8(14)3-4-10(9)16/h3-7,13,17H,2H2,1H3. The summed E-state index contributed by atoms with van der Waals surface area (Å²) in [4.78, 5) is 1.21. The Balaban J connectivity index is 2.44. The zero-order chi connectivity index (χ0) is 13.1. The number of hydrogen-bond acceptors (Lipinski definition) is 2. The van der Waals surface area contributed by atoms with E-state index in [1.54, 1.807) is 11.3 Å². The normalized spacial score (nSPS) is 12.7. The average molecular weight is 412 g/mol. The van der Waals surface area contributed by atoms with Crippen molar-refractivity contribution >= 4 is 57.1 Å². The number of nitrogens with one attached hydrogen (secondary N) is 1. The van der Waals surface area contributed by atoms with Gasteiger partial charge in [0.2, 0.25) is 0 Å². The fourth-order valence-corrected chi connectivity index (χ4v) is 3.77. The van der Waals surface area contributed by atoms with E-state index in [0.717, 1.165) is 15.9 Å². The van der Waals surface area contributed by atoms with E-state index in [9.17, 15) is 0 Å². The van der Waals surface area contributed by atoms with Gasteiger partial charge in [0, 0.05) is 13.5 Å². The Morgan fingerprint density at radius 3 is 2.67 bits per heavy atom. The molecule has 1 heterocycles. The molecule has 0 bridgehead atoms. The van der Waals surface area contributed by atoms with Crippen LogP contribution < -0.4 is 5.32 Å². The second-order valence-electron chi connectivity index (χ2n) is 3.80. The van der Waals surface area contributed by atoms with Crippen LogP contribution in [0.15, 0.2) is 30.3 Å². The Hall–Kier alpha value is 0.190. The maximum absolute atomic E-state index is 6.10. The predicted octanol–water partition coefficient (Wildman–Crippen LogP) is 5.36. The van der Waals surface area contributed by atoms with E-state index in [4.69, 9.17) is 23.2 Å². The van der Waals surface area contributed by atoms with Crippen molar-refractivity contribution in [1.82, 2.24) is 5.32 Å². The van der Waals surface area contributed by atoms with Crippen LogP contribution in [0.25, 0.3) is 0 Å². The molecule has 18 heavy (non-hydrogen) atoms. The van der Waals surface area contributed by atoms with Crippen molar-refractivity contribution in [2.24, 2.45) is 0 Å². The molecule has 1 atom stereocenters. The van der Waals surface area contributed by atoms with Gasteiger partial charge >= 0.3 is 0 Å². The van der Waals surface area contributed by atoms with Gasteiger partial charge in [-0.1, -0.05) is 30.1 Å². The average Bonchev–Trinajstić information content (AvgIpc) is 2.76. The zero-order valence-electron chi connectivity index (χ0n) is 9.71. The minimum absolute atomic E-state index is 0.151. The summed E-state index contributed by atoms with van der Waals surface area (Å²) in [6.07, 6.45) is 0. The van der Waals surface area contributed by atoms with Crippen molar-refractivity contribution in [2.75, 3.05) is 6.54 Å². The topological polar surface area (TPSA) is 12.0 Å². The number of benzene rings is 1. The number of rotatable bonds is 4. The summed E-state index contributed by atoms with van der Waals surface area (Å²) in [6.45, 7) is 2.99. The van der Waals surface area contributed by atoms with Gasteiger partial charge in [-0.25, -0.2) is 0 Å². The molecule has 1 nitrogen and oxygen atoms in total. The Kier molecular flexibility index (Phi) is 5.33. The van der Waals surface area contributed by atoms with E-state index in [-0.39, 0.29) is 6.04 Å². The molecule has 0 saturated heterocycles. The summed E-state index contributed by atoms with van der Waals surface area (Å²) in [7, 11) is 0. The molecular formula is C13H12Cl2INS. The lowest BCUT2D eigenvalue weighted by Gasteiger charge is -2.18. The second kappa shape index (κ2) is 6.57. The van der Waals surface area contributed by atoms with Crippen LogP contribution in [0.3, 0.4) is 0 Å². The van der Waals surface area contributed by atoms with Crippen LogP contribution in [0, 0.1) is 3.57 Å². The first kappa shape index (κ1) is 14.6. The summed E-state index contributed by atoms with van der Waals surface area (Å²) in [6, 6.07) is 10.1. The van der Waals surface area contributed by atoms with Gasteiger partial charge in [-0.2, -0.15) is 0 Å². The summed E-state index contributed by atoms with van der Waals surface area (Å²) in [5, 5.41) is 4.25. The summed E-state index contributed by atoms with van der Waals surface area (Å²) in [5.74, 6) is 0. The molecule has 5 heteroatoms. The van der Waals surface area contributed by atoms with Crippen molar-refractivity contribution in [2.45, 2.75) is 13.0 Å². The number of thiophene rings is 1. The molecular weight excluding hydrogens is 400 g/mol. The maximum atomic E-state index is 6.10. The first-order valence-corrected chi connectivity index (χ1v) is 8.20. The van der Waals surface area contributed by atoms with Gasteiger partial charge in [0.1, 0.15) is 0 Å². The van der Waals surface area contributed by atoms with Crippen molar-refractivity contribution in [3.05, 3.63) is 53.7 Å². The van der Waals surface area contributed by atoms with Crippen LogP contribution in [0.4, 0.5) is 0 Å². The maximum Gasteiger partial charge on any atom is 0.0931 e. The van der Waals surface area contributed by atoms with Gasteiger partial charge in [-0.15, -0.1) is 11.3 Å². The molecule has 0 aliphatic carbocycles. The molecule has 0 spiro atoms. The van der Waals surface area contributed by atoms with E-state index >= 15 is 0 Å². The number of halogens is 3. The van der Waals surface area contributed by atoms with Crippen molar-refractivity contribution in [3.8, 4) is 0 Å². The zero-order valence-corrected chi connectivity index (χ0v) is 14.2. The molecule has 2 rings (SSSR count). The van der Waals surface area contributed by atoms with Crippen LogP contribution in [-0.2, 0) is 0 Å². The third-order valence-corrected chi connectivity index (χ3v) is 5.07. The molecule has 0 aliphatic rings. The molecule has 96 valence electrons. The molecule has 0 aliphatic heterocycles. The highest BCUT2D eigenvalue weighted by Gasteiger charge is 2.18. The molecule has 1 unspecified atom stereocenters. The first-order valence-electron chi connectivity index (χ1n) is 5.55.